The number of aliphatic carboxylic acids is 1. The molecule has 0 radical (unpaired) electrons. The Labute approximate surface area is 227 Å². The molecule has 0 spiro atoms. The number of fused-ring (bicyclic) bond motifs is 7. The summed E-state index contributed by atoms with van der Waals surface area (Å²) in [4.78, 5) is 39.7. The standard InChI is InChI=1S/C31H34N3O5/c1-17-25(28(31(38)39)32-27(17)26(18(2)35)30(32)37)20-5-7-21-23-14-19(4-6-22(23)29(36)24(21)15-20)16-34-11-8-33(3,9-12-34)10-13-34/h4-7,14-15,17-18,26-27,35H,8-13,16H2,1-3H3/q+1/t17-,18+,26+,27+,33?,34?/m0/s1. The second-order valence-electron chi connectivity index (χ2n) is 12.7. The van der Waals surface area contributed by atoms with Gasteiger partial charge in [-0.1, -0.05) is 25.1 Å². The summed E-state index contributed by atoms with van der Waals surface area (Å²) >= 11 is 0. The number of hydrogen-bond donors (Lipinski definition) is 1. The van der Waals surface area contributed by atoms with Crippen molar-refractivity contribution in [2.45, 2.75) is 32.5 Å². The lowest BCUT2D eigenvalue weighted by Crippen LogP contribution is -2.73. The minimum atomic E-state index is -1.42. The van der Waals surface area contributed by atoms with Crippen LogP contribution < -0.4 is 5.11 Å². The number of aliphatic hydroxyl groups is 1. The molecule has 4 saturated heterocycles. The number of nitrogens with zero attached hydrogens (tertiary/aromatic N) is 3. The molecular formula is C31H34N3O5+. The quantitative estimate of drug-likeness (QED) is 0.394. The van der Waals surface area contributed by atoms with Crippen LogP contribution >= 0.6 is 0 Å². The van der Waals surface area contributed by atoms with Crippen molar-refractivity contribution in [3.8, 4) is 11.1 Å². The maximum Gasteiger partial charge on any atom is 0.235 e. The van der Waals surface area contributed by atoms with Gasteiger partial charge in [0.05, 0.1) is 36.8 Å². The number of aliphatic hydroxyl groups excluding tert-OH is 1. The minimum absolute atomic E-state index is 0.0630. The number of quaternary nitrogens is 2. The van der Waals surface area contributed by atoms with Crippen LogP contribution in [0, 0.1) is 11.8 Å². The number of β-lactam (4-membered cyclic amide) rings is 1. The zero-order chi connectivity index (χ0) is 27.4. The molecule has 2 aromatic carbocycles. The number of carboxylic acid groups (broad SMARTS) is 1. The Morgan fingerprint density at radius 3 is 2.31 bits per heavy atom. The number of amides is 1. The minimum Gasteiger partial charge on any atom is -0.543 e. The van der Waals surface area contributed by atoms with E-state index >= 15 is 0 Å². The van der Waals surface area contributed by atoms with E-state index in [1.807, 2.05) is 25.1 Å². The van der Waals surface area contributed by atoms with Crippen LogP contribution in [0.4, 0.5) is 0 Å². The molecule has 39 heavy (non-hydrogen) atoms. The number of rotatable bonds is 5. The SMILES string of the molecule is C[C@@H](O)[C@H]1C(=O)N2C(C(=O)[O-])=C(c3ccc4c(c3)C(=O)c3ccc(C[N+]56CC[N+](C)(CC5)CC6)cc3-4)[C@H](C)[C@H]12. The Hall–Kier alpha value is -3.33. The number of carbonyl (C=O) groups is 3. The van der Waals surface area contributed by atoms with E-state index < -0.39 is 29.9 Å². The molecule has 4 atom stereocenters. The van der Waals surface area contributed by atoms with E-state index in [-0.39, 0.29) is 17.4 Å². The largest absolute Gasteiger partial charge is 0.543 e. The van der Waals surface area contributed by atoms with Crippen LogP contribution in [0.25, 0.3) is 16.7 Å². The normalized spacial score (nSPS) is 33.1. The number of carboxylic acids is 1. The highest BCUT2D eigenvalue weighted by atomic mass is 16.4. The molecule has 8 heteroatoms. The van der Waals surface area contributed by atoms with Gasteiger partial charge < -0.3 is 28.9 Å². The summed E-state index contributed by atoms with van der Waals surface area (Å²) in [6, 6.07) is 11.3. The average Bonchev–Trinajstić information content (AvgIpc) is 3.33. The van der Waals surface area contributed by atoms with Crippen molar-refractivity contribution in [3.05, 3.63) is 64.3 Å². The molecule has 2 bridgehead atoms. The molecule has 1 amide bonds. The molecule has 0 unspecified atom stereocenters. The maximum absolute atomic E-state index is 13.5. The molecule has 0 aromatic heterocycles. The van der Waals surface area contributed by atoms with Gasteiger partial charge in [0.15, 0.2) is 5.78 Å². The van der Waals surface area contributed by atoms with Gasteiger partial charge in [-0.2, -0.15) is 0 Å². The van der Waals surface area contributed by atoms with Crippen molar-refractivity contribution in [2.24, 2.45) is 11.8 Å². The molecule has 1 aliphatic carbocycles. The van der Waals surface area contributed by atoms with Crippen LogP contribution in [-0.4, -0.2) is 95.1 Å². The zero-order valence-corrected chi connectivity index (χ0v) is 22.6. The molecule has 5 aliphatic heterocycles. The van der Waals surface area contributed by atoms with Gasteiger partial charge >= 0.3 is 0 Å². The predicted octanol–water partition coefficient (Wildman–Crippen LogP) is 1.01. The van der Waals surface area contributed by atoms with Crippen molar-refractivity contribution < 1.29 is 33.6 Å². The van der Waals surface area contributed by atoms with Crippen molar-refractivity contribution in [2.75, 3.05) is 46.3 Å². The number of piperazine rings is 3. The second-order valence-corrected chi connectivity index (χ2v) is 12.7. The fraction of sp³-hybridized carbons (Fsp3) is 0.452. The van der Waals surface area contributed by atoms with Gasteiger partial charge in [-0.25, -0.2) is 0 Å². The topological polar surface area (TPSA) is 97.7 Å². The first kappa shape index (κ1) is 24.7. The van der Waals surface area contributed by atoms with Crippen LogP contribution in [0.3, 0.4) is 0 Å². The second kappa shape index (κ2) is 8.10. The molecule has 8 rings (SSSR count). The third kappa shape index (κ3) is 3.38. The zero-order valence-electron chi connectivity index (χ0n) is 22.6. The molecule has 6 aliphatic rings. The van der Waals surface area contributed by atoms with Crippen molar-refractivity contribution in [1.82, 2.24) is 4.90 Å². The van der Waals surface area contributed by atoms with Crippen molar-refractivity contribution in [1.29, 1.82) is 0 Å². The lowest BCUT2D eigenvalue weighted by molar-refractivity contribution is -1.08. The van der Waals surface area contributed by atoms with Gasteiger partial charge in [0.1, 0.15) is 45.8 Å². The third-order valence-electron chi connectivity index (χ3n) is 10.4. The van der Waals surface area contributed by atoms with Gasteiger partial charge in [0.25, 0.3) is 0 Å². The third-order valence-corrected chi connectivity index (χ3v) is 10.4. The summed E-state index contributed by atoms with van der Waals surface area (Å²) in [7, 11) is 2.36. The average molecular weight is 529 g/mol. The van der Waals surface area contributed by atoms with Gasteiger partial charge in [-0.3, -0.25) is 9.59 Å². The Kier molecular flexibility index (Phi) is 5.13. The molecule has 8 nitrogen and oxygen atoms in total. The van der Waals surface area contributed by atoms with E-state index in [4.69, 9.17) is 0 Å². The van der Waals surface area contributed by atoms with Crippen LogP contribution in [-0.2, 0) is 16.1 Å². The number of carbonyl (C=O) groups excluding carboxylic acids is 3. The fourth-order valence-corrected chi connectivity index (χ4v) is 7.99. The molecular weight excluding hydrogens is 494 g/mol. The smallest absolute Gasteiger partial charge is 0.235 e. The predicted molar refractivity (Wildman–Crippen MR) is 142 cm³/mol. The number of ketones is 1. The van der Waals surface area contributed by atoms with E-state index in [9.17, 15) is 24.6 Å². The summed E-state index contributed by atoms with van der Waals surface area (Å²) in [5.74, 6) is -2.84. The summed E-state index contributed by atoms with van der Waals surface area (Å²) < 4.78 is 2.31. The van der Waals surface area contributed by atoms with Crippen LogP contribution in [0.1, 0.15) is 40.9 Å². The Morgan fingerprint density at radius 1 is 1.00 bits per heavy atom. The van der Waals surface area contributed by atoms with Gasteiger partial charge in [-0.15, -0.1) is 0 Å². The highest BCUT2D eigenvalue weighted by Gasteiger charge is 2.58. The fourth-order valence-electron chi connectivity index (χ4n) is 7.99. The van der Waals surface area contributed by atoms with E-state index in [0.717, 1.165) is 22.2 Å². The highest BCUT2D eigenvalue weighted by molar-refractivity contribution is 6.22. The lowest BCUT2D eigenvalue weighted by Gasteiger charge is -2.54. The number of benzene rings is 2. The van der Waals surface area contributed by atoms with Crippen LogP contribution in [0.15, 0.2) is 42.1 Å². The van der Waals surface area contributed by atoms with Gasteiger partial charge in [0.2, 0.25) is 5.91 Å². The monoisotopic (exact) mass is 528 g/mol. The first-order valence-electron chi connectivity index (χ1n) is 14.0. The van der Waals surface area contributed by atoms with Crippen molar-refractivity contribution in [3.63, 3.8) is 0 Å². The van der Waals surface area contributed by atoms with Gasteiger partial charge in [0, 0.05) is 22.6 Å². The van der Waals surface area contributed by atoms with E-state index in [1.165, 1.54) is 54.2 Å². The molecule has 5 heterocycles. The van der Waals surface area contributed by atoms with Crippen LogP contribution in [0.2, 0.25) is 0 Å². The summed E-state index contributed by atoms with van der Waals surface area (Å²) in [5, 5.41) is 22.3. The van der Waals surface area contributed by atoms with E-state index in [1.54, 1.807) is 13.0 Å². The maximum atomic E-state index is 13.5. The Balaban J connectivity index is 1.23. The molecule has 202 valence electrons. The van der Waals surface area contributed by atoms with Gasteiger partial charge in [-0.05, 0) is 47.4 Å². The summed E-state index contributed by atoms with van der Waals surface area (Å²) in [6.07, 6.45) is -0.877. The first-order chi connectivity index (χ1) is 18.5. The molecule has 1 N–H and O–H groups in total. The Bertz CT molecular complexity index is 1480. The number of hydrogen-bond acceptors (Lipinski definition) is 5. The Morgan fingerprint density at radius 2 is 1.67 bits per heavy atom. The summed E-state index contributed by atoms with van der Waals surface area (Å²) in [6.45, 7) is 11.6. The molecule has 0 saturated carbocycles. The lowest BCUT2D eigenvalue weighted by atomic mass is 9.76. The van der Waals surface area contributed by atoms with E-state index in [2.05, 4.69) is 19.2 Å². The highest BCUT2D eigenvalue weighted by Crippen LogP contribution is 2.51. The molecule has 2 aromatic rings. The van der Waals surface area contributed by atoms with E-state index in [0.29, 0.717) is 22.3 Å². The molecule has 4 fully saturated rings. The summed E-state index contributed by atoms with van der Waals surface area (Å²) in [5.41, 5.74) is 5.23. The first-order valence-corrected chi connectivity index (χ1v) is 14.0. The van der Waals surface area contributed by atoms with Crippen LogP contribution in [0.5, 0.6) is 0 Å². The number of likely N-dealkylation sites (N-methyl/N-ethyl adjacent to an activating group) is 1. The van der Waals surface area contributed by atoms with Crippen molar-refractivity contribution >= 4 is 23.2 Å².